The van der Waals surface area contributed by atoms with Gasteiger partial charge in [0.05, 0.1) is 22.6 Å². The molecule has 0 spiro atoms. The highest BCUT2D eigenvalue weighted by atomic mass is 35.5. The van der Waals surface area contributed by atoms with E-state index >= 15 is 0 Å². The van der Waals surface area contributed by atoms with E-state index in [1.807, 2.05) is 6.07 Å². The van der Waals surface area contributed by atoms with Gasteiger partial charge in [-0.15, -0.1) is 11.6 Å². The van der Waals surface area contributed by atoms with E-state index in [1.54, 1.807) is 24.4 Å². The van der Waals surface area contributed by atoms with E-state index in [9.17, 15) is 5.26 Å². The summed E-state index contributed by atoms with van der Waals surface area (Å²) in [5.74, 6) is 0.419. The third kappa shape index (κ3) is 2.19. The number of aliphatic imine (C=N–C) groups is 1. The zero-order valence-electron chi connectivity index (χ0n) is 8.89. The Bertz CT molecular complexity index is 628. The largest absolute Gasteiger partial charge is 0.386 e. The van der Waals surface area contributed by atoms with E-state index in [0.29, 0.717) is 11.3 Å². The van der Waals surface area contributed by atoms with Crippen LogP contribution in [0.25, 0.3) is 10.9 Å². The molecule has 2 N–H and O–H groups in total. The van der Waals surface area contributed by atoms with Gasteiger partial charge in [-0.25, -0.2) is 4.99 Å². The Morgan fingerprint density at radius 3 is 3.00 bits per heavy atom. The fourth-order valence-corrected chi connectivity index (χ4v) is 1.60. The molecule has 5 heteroatoms. The third-order valence-corrected chi connectivity index (χ3v) is 2.55. The van der Waals surface area contributed by atoms with Crippen LogP contribution in [0, 0.1) is 11.3 Å². The van der Waals surface area contributed by atoms with E-state index in [-0.39, 0.29) is 11.7 Å². The van der Waals surface area contributed by atoms with Gasteiger partial charge in [-0.05, 0) is 24.3 Å². The van der Waals surface area contributed by atoms with Gasteiger partial charge in [0.1, 0.15) is 11.9 Å². The van der Waals surface area contributed by atoms with Crippen molar-refractivity contribution in [1.29, 1.82) is 5.26 Å². The molecule has 1 aromatic carbocycles. The van der Waals surface area contributed by atoms with E-state index < -0.39 is 0 Å². The molecule has 84 valence electrons. The second-order valence-corrected chi connectivity index (χ2v) is 3.65. The molecule has 0 fully saturated rings. The molecule has 0 radical (unpaired) electrons. The quantitative estimate of drug-likeness (QED) is 0.500. The lowest BCUT2D eigenvalue weighted by atomic mass is 10.1. The van der Waals surface area contributed by atoms with Gasteiger partial charge in [0.2, 0.25) is 0 Å². The lowest BCUT2D eigenvalue weighted by Gasteiger charge is -2.03. The van der Waals surface area contributed by atoms with E-state index in [2.05, 4.69) is 16.0 Å². The van der Waals surface area contributed by atoms with Gasteiger partial charge in [-0.2, -0.15) is 5.26 Å². The molecule has 0 aliphatic rings. The van der Waals surface area contributed by atoms with Crippen molar-refractivity contribution in [3.05, 3.63) is 36.0 Å². The van der Waals surface area contributed by atoms with Gasteiger partial charge < -0.3 is 5.73 Å². The van der Waals surface area contributed by atoms with Crippen LogP contribution in [0.2, 0.25) is 0 Å². The van der Waals surface area contributed by atoms with Crippen LogP contribution >= 0.6 is 11.6 Å². The summed E-state index contributed by atoms with van der Waals surface area (Å²) in [5, 5.41) is 9.94. The number of benzene rings is 1. The first-order valence-electron chi connectivity index (χ1n) is 4.93. The zero-order valence-corrected chi connectivity index (χ0v) is 9.65. The summed E-state index contributed by atoms with van der Waals surface area (Å²) in [6.07, 6.45) is 1.68. The Hall–Kier alpha value is -2.12. The summed E-state index contributed by atoms with van der Waals surface area (Å²) in [5.41, 5.74) is 7.30. The van der Waals surface area contributed by atoms with E-state index in [0.717, 1.165) is 10.9 Å². The summed E-state index contributed by atoms with van der Waals surface area (Å²) in [6.45, 7) is 0. The Labute approximate surface area is 103 Å². The van der Waals surface area contributed by atoms with Crippen molar-refractivity contribution in [2.75, 3.05) is 5.88 Å². The van der Waals surface area contributed by atoms with Crippen LogP contribution in [0.5, 0.6) is 0 Å². The molecule has 0 amide bonds. The predicted octanol–water partition coefficient (Wildman–Crippen LogP) is 2.33. The lowest BCUT2D eigenvalue weighted by molar-refractivity contribution is 1.38. The van der Waals surface area contributed by atoms with Gasteiger partial charge in [0, 0.05) is 11.6 Å². The molecular formula is C12H9ClN4. The number of halogens is 1. The first-order chi connectivity index (χ1) is 8.26. The van der Waals surface area contributed by atoms with Crippen LogP contribution in [-0.2, 0) is 0 Å². The number of amidine groups is 1. The van der Waals surface area contributed by atoms with Crippen molar-refractivity contribution in [2.24, 2.45) is 10.7 Å². The van der Waals surface area contributed by atoms with Gasteiger partial charge in [-0.3, -0.25) is 4.98 Å². The van der Waals surface area contributed by atoms with Gasteiger partial charge >= 0.3 is 0 Å². The number of aromatic nitrogens is 1. The van der Waals surface area contributed by atoms with Crippen molar-refractivity contribution in [3.8, 4) is 6.07 Å². The molecule has 0 aliphatic heterocycles. The standard InChI is InChI=1S/C12H9ClN4/c13-6-12(15)17-11-4-3-10-8(9(11)7-14)2-1-5-16-10/h1-5H,6H2,(H2,15,17). The third-order valence-electron chi connectivity index (χ3n) is 2.28. The predicted molar refractivity (Wildman–Crippen MR) is 68.5 cm³/mol. The molecular weight excluding hydrogens is 236 g/mol. The highest BCUT2D eigenvalue weighted by Gasteiger charge is 2.07. The first-order valence-corrected chi connectivity index (χ1v) is 5.46. The van der Waals surface area contributed by atoms with Crippen molar-refractivity contribution >= 4 is 34.0 Å². The number of hydrogen-bond acceptors (Lipinski definition) is 3. The first kappa shape index (κ1) is 11.4. The number of fused-ring (bicyclic) bond motifs is 1. The van der Waals surface area contributed by atoms with Crippen molar-refractivity contribution in [1.82, 2.24) is 4.98 Å². The second-order valence-electron chi connectivity index (χ2n) is 3.38. The number of nitrogens with zero attached hydrogens (tertiary/aromatic N) is 3. The van der Waals surface area contributed by atoms with Crippen LogP contribution in [0.1, 0.15) is 5.56 Å². The fraction of sp³-hybridized carbons (Fsp3) is 0.0833. The van der Waals surface area contributed by atoms with Gasteiger partial charge in [0.15, 0.2) is 0 Å². The summed E-state index contributed by atoms with van der Waals surface area (Å²) in [7, 11) is 0. The molecule has 0 bridgehead atoms. The van der Waals surface area contributed by atoms with Gasteiger partial charge in [-0.1, -0.05) is 0 Å². The molecule has 0 saturated carbocycles. The minimum atomic E-state index is 0.135. The molecule has 1 aromatic heterocycles. The topological polar surface area (TPSA) is 75.1 Å². The normalized spacial score (nSPS) is 11.4. The lowest BCUT2D eigenvalue weighted by Crippen LogP contribution is -2.12. The maximum Gasteiger partial charge on any atom is 0.115 e. The minimum Gasteiger partial charge on any atom is -0.386 e. The molecule has 0 aliphatic carbocycles. The molecule has 0 unspecified atom stereocenters. The van der Waals surface area contributed by atoms with Crippen LogP contribution in [0.15, 0.2) is 35.5 Å². The minimum absolute atomic E-state index is 0.135. The molecule has 0 saturated heterocycles. The number of nitriles is 1. The summed E-state index contributed by atoms with van der Waals surface area (Å²) >= 11 is 5.56. The number of rotatable bonds is 2. The Morgan fingerprint density at radius 2 is 2.29 bits per heavy atom. The number of nitrogens with two attached hydrogens (primary N) is 1. The molecule has 2 aromatic rings. The van der Waals surface area contributed by atoms with Crippen molar-refractivity contribution in [2.45, 2.75) is 0 Å². The van der Waals surface area contributed by atoms with Crippen molar-refractivity contribution < 1.29 is 0 Å². The average Bonchev–Trinajstić information content (AvgIpc) is 2.38. The number of hydrogen-bond donors (Lipinski definition) is 1. The maximum absolute atomic E-state index is 9.18. The second kappa shape index (κ2) is 4.81. The van der Waals surface area contributed by atoms with Crippen LogP contribution in [0.3, 0.4) is 0 Å². The highest BCUT2D eigenvalue weighted by Crippen LogP contribution is 2.26. The summed E-state index contributed by atoms with van der Waals surface area (Å²) < 4.78 is 0. The molecule has 0 atom stereocenters. The summed E-state index contributed by atoms with van der Waals surface area (Å²) in [4.78, 5) is 8.28. The van der Waals surface area contributed by atoms with Crippen LogP contribution in [0.4, 0.5) is 5.69 Å². The molecule has 4 nitrogen and oxygen atoms in total. The van der Waals surface area contributed by atoms with Gasteiger partial charge in [0.25, 0.3) is 0 Å². The van der Waals surface area contributed by atoms with Crippen molar-refractivity contribution in [3.63, 3.8) is 0 Å². The van der Waals surface area contributed by atoms with E-state index in [4.69, 9.17) is 17.3 Å². The Morgan fingerprint density at radius 1 is 1.47 bits per heavy atom. The number of alkyl halides is 1. The highest BCUT2D eigenvalue weighted by molar-refractivity contribution is 6.28. The fourth-order valence-electron chi connectivity index (χ4n) is 1.54. The van der Waals surface area contributed by atoms with E-state index in [1.165, 1.54) is 0 Å². The SMILES string of the molecule is N#Cc1c(N=C(N)CCl)ccc2ncccc12. The average molecular weight is 245 g/mol. The Kier molecular flexibility index (Phi) is 3.22. The number of pyridine rings is 1. The Balaban J connectivity index is 2.71. The zero-order chi connectivity index (χ0) is 12.3. The smallest absolute Gasteiger partial charge is 0.115 e. The monoisotopic (exact) mass is 244 g/mol. The molecule has 1 heterocycles. The van der Waals surface area contributed by atoms with Crippen LogP contribution < -0.4 is 5.73 Å². The molecule has 2 rings (SSSR count). The molecule has 17 heavy (non-hydrogen) atoms. The maximum atomic E-state index is 9.18. The summed E-state index contributed by atoms with van der Waals surface area (Å²) in [6, 6.07) is 9.25. The van der Waals surface area contributed by atoms with Crippen LogP contribution in [-0.4, -0.2) is 16.7 Å².